The SMILES string of the molecule is CCn1ncc(C(O)c2cccnc2Br)c1Br.CCn1ncc(I)c1Br.O=Cc1cccnc1Br. The molecule has 1 N–H and O–H groups in total. The van der Waals surface area contributed by atoms with Gasteiger partial charge in [0.25, 0.3) is 0 Å². The van der Waals surface area contributed by atoms with Crippen molar-refractivity contribution in [3.63, 3.8) is 0 Å². The second-order valence-electron chi connectivity index (χ2n) is 6.59. The summed E-state index contributed by atoms with van der Waals surface area (Å²) in [4.78, 5) is 18.1. The number of hydrogen-bond acceptors (Lipinski definition) is 6. The van der Waals surface area contributed by atoms with E-state index in [-0.39, 0.29) is 0 Å². The number of carbonyl (C=O) groups excluding carboxylic acids is 1. The monoisotopic (exact) mass is 844 g/mol. The zero-order chi connectivity index (χ0) is 26.0. The normalized spacial score (nSPS) is 11.1. The fourth-order valence-electron chi connectivity index (χ4n) is 2.61. The summed E-state index contributed by atoms with van der Waals surface area (Å²) in [5.41, 5.74) is 2.04. The Hall–Kier alpha value is -1.00. The van der Waals surface area contributed by atoms with E-state index in [1.165, 1.54) is 0 Å². The van der Waals surface area contributed by atoms with Crippen LogP contribution in [0.2, 0.25) is 0 Å². The molecule has 4 heterocycles. The number of aldehydes is 1. The molecule has 8 nitrogen and oxygen atoms in total. The molecule has 0 radical (unpaired) electrons. The lowest BCUT2D eigenvalue weighted by Crippen LogP contribution is -2.02. The van der Waals surface area contributed by atoms with Crippen molar-refractivity contribution in [3.8, 4) is 0 Å². The number of aryl methyl sites for hydroxylation is 2. The van der Waals surface area contributed by atoms with Gasteiger partial charge in [-0.15, -0.1) is 0 Å². The zero-order valence-electron chi connectivity index (χ0n) is 18.6. The molecule has 186 valence electrons. The molecule has 0 aromatic carbocycles. The molecule has 0 saturated heterocycles. The molecule has 0 aliphatic rings. The summed E-state index contributed by atoms with van der Waals surface area (Å²) in [6.45, 7) is 5.73. The second-order valence-corrected chi connectivity index (χ2v) is 10.8. The van der Waals surface area contributed by atoms with E-state index in [0.29, 0.717) is 14.8 Å². The van der Waals surface area contributed by atoms with Crippen molar-refractivity contribution in [2.75, 3.05) is 0 Å². The van der Waals surface area contributed by atoms with Crippen LogP contribution in [0.25, 0.3) is 0 Å². The average molecular weight is 848 g/mol. The van der Waals surface area contributed by atoms with Gasteiger partial charge in [0.1, 0.15) is 24.5 Å². The summed E-state index contributed by atoms with van der Waals surface area (Å²) >= 11 is 15.5. The first-order chi connectivity index (χ1) is 16.7. The fourth-order valence-corrected chi connectivity index (χ4v) is 4.93. The van der Waals surface area contributed by atoms with Gasteiger partial charge in [-0.05, 0) is 118 Å². The van der Waals surface area contributed by atoms with E-state index in [9.17, 15) is 9.90 Å². The Labute approximate surface area is 250 Å². The van der Waals surface area contributed by atoms with E-state index in [1.807, 2.05) is 23.9 Å². The van der Waals surface area contributed by atoms with E-state index in [1.54, 1.807) is 41.5 Å². The Balaban J connectivity index is 0.000000203. The Bertz CT molecular complexity index is 1250. The molecule has 0 bridgehead atoms. The van der Waals surface area contributed by atoms with Crippen molar-refractivity contribution >= 4 is 92.6 Å². The summed E-state index contributed by atoms with van der Waals surface area (Å²) in [6.07, 6.45) is 6.82. The average Bonchev–Trinajstić information content (AvgIpc) is 3.41. The molecule has 0 fully saturated rings. The maximum absolute atomic E-state index is 10.3. The second kappa shape index (κ2) is 15.3. The number of halogens is 5. The first-order valence-electron chi connectivity index (χ1n) is 10.2. The van der Waals surface area contributed by atoms with Crippen LogP contribution in [0.5, 0.6) is 0 Å². The lowest BCUT2D eigenvalue weighted by Gasteiger charge is -2.11. The van der Waals surface area contributed by atoms with Crippen LogP contribution in [0, 0.1) is 3.57 Å². The molecule has 0 spiro atoms. The van der Waals surface area contributed by atoms with Crippen LogP contribution < -0.4 is 0 Å². The summed E-state index contributed by atoms with van der Waals surface area (Å²) in [6, 6.07) is 7.04. The number of nitrogens with zero attached hydrogens (tertiary/aromatic N) is 6. The Morgan fingerprint density at radius 3 is 1.91 bits per heavy atom. The van der Waals surface area contributed by atoms with Crippen molar-refractivity contribution in [1.82, 2.24) is 29.5 Å². The highest BCUT2D eigenvalue weighted by Gasteiger charge is 2.19. The van der Waals surface area contributed by atoms with Gasteiger partial charge in [0.2, 0.25) is 0 Å². The Kier molecular flexibility index (Phi) is 13.2. The minimum absolute atomic E-state index is 0.581. The van der Waals surface area contributed by atoms with Crippen LogP contribution >= 0.6 is 86.3 Å². The van der Waals surface area contributed by atoms with E-state index in [2.05, 4.69) is 113 Å². The first-order valence-corrected chi connectivity index (χ1v) is 14.4. The molecular formula is C22H21Br4IN6O2. The highest BCUT2D eigenvalue weighted by atomic mass is 127. The van der Waals surface area contributed by atoms with E-state index >= 15 is 0 Å². The molecule has 0 saturated carbocycles. The van der Waals surface area contributed by atoms with Crippen molar-refractivity contribution in [2.24, 2.45) is 0 Å². The molecule has 0 aliphatic carbocycles. The van der Waals surface area contributed by atoms with Crippen LogP contribution in [0.1, 0.15) is 41.4 Å². The molecule has 0 amide bonds. The lowest BCUT2D eigenvalue weighted by atomic mass is 10.1. The number of aliphatic hydroxyl groups excluding tert-OH is 1. The highest BCUT2D eigenvalue weighted by Crippen LogP contribution is 2.31. The smallest absolute Gasteiger partial charge is 0.152 e. The van der Waals surface area contributed by atoms with Gasteiger partial charge >= 0.3 is 0 Å². The van der Waals surface area contributed by atoms with Gasteiger partial charge in [0, 0.05) is 42.2 Å². The molecule has 0 aliphatic heterocycles. The molecule has 13 heteroatoms. The number of hydrogen-bond donors (Lipinski definition) is 1. The number of aliphatic hydroxyl groups is 1. The summed E-state index contributed by atoms with van der Waals surface area (Å²) in [5, 5.41) is 18.6. The largest absolute Gasteiger partial charge is 0.383 e. The summed E-state index contributed by atoms with van der Waals surface area (Å²) in [7, 11) is 0. The first kappa shape index (κ1) is 30.2. The molecule has 4 aromatic heterocycles. The van der Waals surface area contributed by atoms with Gasteiger partial charge in [-0.1, -0.05) is 6.07 Å². The van der Waals surface area contributed by atoms with Crippen molar-refractivity contribution in [2.45, 2.75) is 33.0 Å². The summed E-state index contributed by atoms with van der Waals surface area (Å²) in [5.74, 6) is 0. The van der Waals surface area contributed by atoms with Crippen LogP contribution in [0.15, 0.2) is 67.5 Å². The topological polar surface area (TPSA) is 98.7 Å². The van der Waals surface area contributed by atoms with E-state index in [4.69, 9.17) is 0 Å². The third-order valence-electron chi connectivity index (χ3n) is 4.43. The predicted molar refractivity (Wildman–Crippen MR) is 157 cm³/mol. The lowest BCUT2D eigenvalue weighted by molar-refractivity contribution is 0.112. The van der Waals surface area contributed by atoms with Crippen molar-refractivity contribution < 1.29 is 9.90 Å². The van der Waals surface area contributed by atoms with Gasteiger partial charge in [0.05, 0.1) is 16.0 Å². The number of aromatic nitrogens is 6. The van der Waals surface area contributed by atoms with Gasteiger partial charge in [-0.25, -0.2) is 9.97 Å². The predicted octanol–water partition coefficient (Wildman–Crippen LogP) is 6.83. The molecule has 4 rings (SSSR count). The van der Waals surface area contributed by atoms with Crippen molar-refractivity contribution in [3.05, 3.63) is 87.7 Å². The minimum Gasteiger partial charge on any atom is -0.383 e. The van der Waals surface area contributed by atoms with E-state index in [0.717, 1.165) is 43.3 Å². The number of carbonyl (C=O) groups is 1. The third kappa shape index (κ3) is 8.52. The van der Waals surface area contributed by atoms with Crippen LogP contribution in [-0.2, 0) is 13.1 Å². The molecule has 1 unspecified atom stereocenters. The maximum atomic E-state index is 10.3. The quantitative estimate of drug-likeness (QED) is 0.135. The standard InChI is InChI=1S/C11H11Br2N3O.C6H4BrNO.C5H6BrIN2/c1-2-16-11(13)8(6-15-16)9(17)7-4-3-5-14-10(7)12;7-6-5(4-9)2-1-3-8-6;1-2-9-5(6)4(7)3-8-9/h3-6,9,17H,2H2,1H3;1-4H;3H,2H2,1H3. The fraction of sp³-hybridized carbons (Fsp3) is 0.227. The molecule has 35 heavy (non-hydrogen) atoms. The maximum Gasteiger partial charge on any atom is 0.152 e. The van der Waals surface area contributed by atoms with Crippen LogP contribution in [0.3, 0.4) is 0 Å². The molecular weight excluding hydrogens is 827 g/mol. The Morgan fingerprint density at radius 1 is 0.914 bits per heavy atom. The van der Waals surface area contributed by atoms with Gasteiger partial charge < -0.3 is 5.11 Å². The van der Waals surface area contributed by atoms with Crippen LogP contribution in [0.4, 0.5) is 0 Å². The zero-order valence-corrected chi connectivity index (χ0v) is 27.1. The molecule has 1 atom stereocenters. The third-order valence-corrected chi connectivity index (χ3v) is 8.99. The summed E-state index contributed by atoms with van der Waals surface area (Å²) < 4.78 is 7.96. The van der Waals surface area contributed by atoms with E-state index < -0.39 is 6.10 Å². The van der Waals surface area contributed by atoms with Gasteiger partial charge in [0.15, 0.2) is 6.29 Å². The van der Waals surface area contributed by atoms with Crippen molar-refractivity contribution in [1.29, 1.82) is 0 Å². The van der Waals surface area contributed by atoms with Crippen LogP contribution in [-0.4, -0.2) is 40.9 Å². The highest BCUT2D eigenvalue weighted by molar-refractivity contribution is 14.1. The van der Waals surface area contributed by atoms with Gasteiger partial charge in [-0.3, -0.25) is 14.2 Å². The number of rotatable bonds is 5. The Morgan fingerprint density at radius 2 is 1.49 bits per heavy atom. The van der Waals surface area contributed by atoms with Gasteiger partial charge in [-0.2, -0.15) is 10.2 Å². The number of pyridine rings is 2. The minimum atomic E-state index is -0.743. The molecule has 4 aromatic rings.